The molecule has 0 unspecified atom stereocenters. The van der Waals surface area contributed by atoms with Gasteiger partial charge in [0.05, 0.1) is 35.2 Å². The van der Waals surface area contributed by atoms with Crippen LogP contribution in [0.5, 0.6) is 0 Å². The second-order valence-corrected chi connectivity index (χ2v) is 31.5. The molecule has 0 aliphatic heterocycles. The predicted molar refractivity (Wildman–Crippen MR) is 403 cm³/mol. The molecule has 16 rings (SSSR count). The Balaban J connectivity index is 0.000000144. The molecule has 0 saturated heterocycles. The van der Waals surface area contributed by atoms with Crippen molar-refractivity contribution >= 4 is 149 Å². The van der Waals surface area contributed by atoms with E-state index in [1.54, 1.807) is 0 Å². The summed E-state index contributed by atoms with van der Waals surface area (Å²) in [5.41, 5.74) is 0. The zero-order valence-electron chi connectivity index (χ0n) is 52.1. The summed E-state index contributed by atoms with van der Waals surface area (Å²) in [5.74, 6) is 0. The second-order valence-electron chi connectivity index (χ2n) is 21.8. The molecule has 0 amide bonds. The molecule has 0 atom stereocenters. The maximum atomic E-state index is 3.34. The van der Waals surface area contributed by atoms with Gasteiger partial charge in [-0.1, -0.05) is 308 Å². The Bertz CT molecular complexity index is 4020. The zero-order valence-corrected chi connectivity index (χ0v) is 62.5. The van der Waals surface area contributed by atoms with Gasteiger partial charge in [-0.15, -0.1) is 119 Å². The fourth-order valence-corrected chi connectivity index (χ4v) is 23.2. The molecule has 0 heterocycles. The van der Waals surface area contributed by atoms with Crippen molar-refractivity contribution in [1.82, 2.24) is 0 Å². The minimum Gasteiger partial charge on any atom is -1.00 e. The maximum absolute atomic E-state index is 3.34. The average molecular weight is 1470 g/mol. The number of hydrogen-bond donors (Lipinski definition) is 0. The van der Waals surface area contributed by atoms with Crippen LogP contribution < -0.4 is 87.1 Å². The minimum absolute atomic E-state index is 0. The molecule has 8 heteroatoms. The molecule has 0 nitrogen and oxygen atoms in total. The van der Waals surface area contributed by atoms with Gasteiger partial charge in [0.15, 0.2) is 0 Å². The van der Waals surface area contributed by atoms with Crippen molar-refractivity contribution in [2.24, 2.45) is 0 Å². The Kier molecular flexibility index (Phi) is 27.4. The van der Waals surface area contributed by atoms with E-state index in [2.05, 4.69) is 397 Å². The molecule has 0 aliphatic rings. The summed E-state index contributed by atoms with van der Waals surface area (Å²) in [6.45, 7) is 0. The van der Waals surface area contributed by atoms with E-state index in [4.69, 9.17) is 0 Å². The molecule has 0 bridgehead atoms. The van der Waals surface area contributed by atoms with E-state index < -0.39 is 35.2 Å². The molecule has 0 N–H and O–H groups in total. The standard InChI is InChI=1S/4C21H16Si.2CH2.2ClH.2Zr/c4*1-3-10-18(11-4-1)22(19-12-5-2-6-13-19)21-16-15-17-9-7-8-14-20(17)21;;;;;;/h4*1-16H;2*1H2;2*1H;;/q4*-1;;;;;2*+2/p-2. The Morgan fingerprint density at radius 2 is 0.309 bits per heavy atom. The van der Waals surface area contributed by atoms with Crippen molar-refractivity contribution in [3.05, 3.63) is 388 Å². The molecule has 94 heavy (non-hydrogen) atoms. The van der Waals surface area contributed by atoms with E-state index >= 15 is 0 Å². The van der Waals surface area contributed by atoms with Crippen molar-refractivity contribution < 1.29 is 73.3 Å². The second kappa shape index (κ2) is 36.6. The Morgan fingerprint density at radius 1 is 0.181 bits per heavy atom. The van der Waals surface area contributed by atoms with E-state index in [9.17, 15) is 0 Å². The third-order valence-electron chi connectivity index (χ3n) is 16.3. The van der Waals surface area contributed by atoms with Crippen LogP contribution in [0.4, 0.5) is 0 Å². The van der Waals surface area contributed by atoms with Crippen LogP contribution in [-0.4, -0.2) is 43.6 Å². The summed E-state index contributed by atoms with van der Waals surface area (Å²) in [4.78, 5) is 0. The smallest absolute Gasteiger partial charge is 0.0959 e. The largest absolute Gasteiger partial charge is 1.00 e. The van der Waals surface area contributed by atoms with Gasteiger partial charge in [0.2, 0.25) is 0 Å². The van der Waals surface area contributed by atoms with E-state index in [-0.39, 0.29) is 24.8 Å². The van der Waals surface area contributed by atoms with Gasteiger partial charge in [-0.05, 0) is 0 Å². The normalized spacial score (nSPS) is 10.6. The number of benzene rings is 12. The van der Waals surface area contributed by atoms with Crippen molar-refractivity contribution in [2.75, 3.05) is 0 Å². The minimum atomic E-state index is -0.959. The number of halogens is 2. The maximum Gasteiger partial charge on any atom is 0.0959 e. The van der Waals surface area contributed by atoms with Gasteiger partial charge < -0.3 is 24.8 Å². The quantitative estimate of drug-likeness (QED) is 0.101. The van der Waals surface area contributed by atoms with Crippen LogP contribution in [0, 0.1) is 0 Å². The SMILES string of the molecule is [CH2]=[Zr+2].[CH2]=[Zr+2].[Cl-].[Cl-].c1ccc([Si](c2ccccc2)c2c[cH-]c3ccccc23)cc1.c1ccc([Si](c2ccccc2)c2c[cH-]c3ccccc23)cc1.c1ccc([Si](c2ccccc2)c2c[cH-]c3ccccc23)cc1.c1ccc([Si](c2ccccc2)c2c[cH-]c3ccccc23)cc1. The summed E-state index contributed by atoms with van der Waals surface area (Å²) in [7, 11) is -3.84. The first-order chi connectivity index (χ1) is 45.7. The molecular formula is C86H68Cl2Si4Zr2-2. The van der Waals surface area contributed by atoms with Crippen molar-refractivity contribution in [3.63, 3.8) is 0 Å². The molecule has 4 radical (unpaired) electrons. The molecule has 0 spiro atoms. The number of hydrogen-bond acceptors (Lipinski definition) is 0. The first kappa shape index (κ1) is 70.4. The van der Waals surface area contributed by atoms with Gasteiger partial charge in [-0.3, -0.25) is 0 Å². The average Bonchev–Trinajstić information content (AvgIpc) is 1.64. The summed E-state index contributed by atoms with van der Waals surface area (Å²) in [6, 6.07) is 140. The van der Waals surface area contributed by atoms with Gasteiger partial charge in [0.1, 0.15) is 0 Å². The van der Waals surface area contributed by atoms with Gasteiger partial charge >= 0.3 is 56.9 Å². The van der Waals surface area contributed by atoms with E-state index in [0.29, 0.717) is 0 Å². The van der Waals surface area contributed by atoms with Crippen LogP contribution in [0.2, 0.25) is 0 Å². The van der Waals surface area contributed by atoms with E-state index in [1.165, 1.54) is 154 Å². The number of fused-ring (bicyclic) bond motifs is 4. The van der Waals surface area contributed by atoms with Crippen LogP contribution in [0.3, 0.4) is 0 Å². The third kappa shape index (κ3) is 17.1. The van der Waals surface area contributed by atoms with Crippen molar-refractivity contribution in [1.29, 1.82) is 0 Å². The van der Waals surface area contributed by atoms with Crippen LogP contribution in [0.15, 0.2) is 388 Å². The fourth-order valence-electron chi connectivity index (χ4n) is 12.2. The predicted octanol–water partition coefficient (Wildman–Crippen LogP) is 6.24. The van der Waals surface area contributed by atoms with E-state index in [0.717, 1.165) is 0 Å². The Hall–Kier alpha value is -7.97. The monoisotopic (exact) mass is 1460 g/mol. The molecule has 0 aliphatic carbocycles. The van der Waals surface area contributed by atoms with Gasteiger partial charge in [-0.25, -0.2) is 0 Å². The van der Waals surface area contributed by atoms with Crippen LogP contribution in [0.1, 0.15) is 0 Å². The summed E-state index contributed by atoms with van der Waals surface area (Å²) >= 11 is 2.60. The fraction of sp³-hybridized carbons (Fsp3) is 0. The molecule has 452 valence electrons. The van der Waals surface area contributed by atoms with Crippen LogP contribution in [-0.2, 0) is 48.5 Å². The topological polar surface area (TPSA) is 0 Å². The summed E-state index contributed by atoms with van der Waals surface area (Å²) < 4.78 is 6.68. The van der Waals surface area contributed by atoms with Crippen LogP contribution >= 0.6 is 0 Å². The van der Waals surface area contributed by atoms with Gasteiger partial charge in [-0.2, -0.15) is 66.6 Å². The molecule has 0 aromatic heterocycles. The first-order valence-electron chi connectivity index (χ1n) is 30.9. The van der Waals surface area contributed by atoms with Gasteiger partial charge in [0, 0.05) is 0 Å². The Labute approximate surface area is 604 Å². The zero-order chi connectivity index (χ0) is 63.1. The number of rotatable bonds is 12. The van der Waals surface area contributed by atoms with Crippen molar-refractivity contribution in [3.8, 4) is 0 Å². The molecule has 16 aromatic rings. The van der Waals surface area contributed by atoms with E-state index in [1.807, 2.05) is 0 Å². The Morgan fingerprint density at radius 3 is 0.457 bits per heavy atom. The van der Waals surface area contributed by atoms with Crippen LogP contribution in [0.25, 0.3) is 43.1 Å². The summed E-state index contributed by atoms with van der Waals surface area (Å²) in [6.07, 6.45) is 0. The molecular weight excluding hydrogens is 1400 g/mol. The third-order valence-corrected chi connectivity index (χ3v) is 27.5. The molecule has 0 saturated carbocycles. The van der Waals surface area contributed by atoms with Crippen molar-refractivity contribution in [2.45, 2.75) is 0 Å². The van der Waals surface area contributed by atoms with Gasteiger partial charge in [0.25, 0.3) is 0 Å². The molecule has 0 fully saturated rings. The molecule has 16 aromatic carbocycles. The first-order valence-corrected chi connectivity index (χ1v) is 40.4. The summed E-state index contributed by atoms with van der Waals surface area (Å²) in [5, 5.41) is 28.4.